The number of carbonyl (C=O) groups is 1. The van der Waals surface area contributed by atoms with E-state index in [1.165, 1.54) is 22.3 Å². The van der Waals surface area contributed by atoms with Gasteiger partial charge in [0.25, 0.3) is 0 Å². The molecule has 1 aliphatic heterocycles. The lowest BCUT2D eigenvalue weighted by Crippen LogP contribution is -2.42. The summed E-state index contributed by atoms with van der Waals surface area (Å²) in [6.45, 7) is 6.69. The number of likely N-dealkylation sites (tertiary alicyclic amines) is 1. The van der Waals surface area contributed by atoms with E-state index in [2.05, 4.69) is 49.2 Å². The predicted molar refractivity (Wildman–Crippen MR) is 120 cm³/mol. The fraction of sp³-hybridized carbons (Fsp3) is 0.440. The Labute approximate surface area is 175 Å². The average molecular weight is 392 g/mol. The van der Waals surface area contributed by atoms with Gasteiger partial charge in [0.2, 0.25) is 5.91 Å². The van der Waals surface area contributed by atoms with E-state index in [4.69, 9.17) is 0 Å². The SMILES string of the molecule is CC(C)/C(=C\c1ccncc1)c1cccc(C2CCN(C(=O)CN(C)C)CC2)c1. The first kappa shape index (κ1) is 21.3. The molecule has 4 nitrogen and oxygen atoms in total. The van der Waals surface area contributed by atoms with E-state index in [9.17, 15) is 4.79 Å². The first-order valence-corrected chi connectivity index (χ1v) is 10.6. The van der Waals surface area contributed by atoms with Gasteiger partial charge < -0.3 is 9.80 Å². The number of nitrogens with zero attached hydrogens (tertiary/aromatic N) is 3. The maximum absolute atomic E-state index is 12.3. The summed E-state index contributed by atoms with van der Waals surface area (Å²) in [4.78, 5) is 20.4. The molecule has 2 heterocycles. The molecule has 1 amide bonds. The van der Waals surface area contributed by atoms with Gasteiger partial charge in [0, 0.05) is 25.5 Å². The predicted octanol–water partition coefficient (Wildman–Crippen LogP) is 4.55. The number of benzene rings is 1. The van der Waals surface area contributed by atoms with Gasteiger partial charge in [-0.25, -0.2) is 0 Å². The van der Waals surface area contributed by atoms with E-state index in [1.807, 2.05) is 48.4 Å². The normalized spacial score (nSPS) is 15.9. The molecule has 0 radical (unpaired) electrons. The summed E-state index contributed by atoms with van der Waals surface area (Å²) in [7, 11) is 3.89. The van der Waals surface area contributed by atoms with Crippen LogP contribution in [-0.2, 0) is 4.79 Å². The number of rotatable bonds is 6. The van der Waals surface area contributed by atoms with Crippen LogP contribution >= 0.6 is 0 Å². The number of hydrogen-bond acceptors (Lipinski definition) is 3. The van der Waals surface area contributed by atoms with Crippen LogP contribution in [0.2, 0.25) is 0 Å². The molecule has 4 heteroatoms. The largest absolute Gasteiger partial charge is 0.342 e. The Morgan fingerprint density at radius 2 is 1.86 bits per heavy atom. The zero-order valence-corrected chi connectivity index (χ0v) is 18.1. The molecule has 0 bridgehead atoms. The van der Waals surface area contributed by atoms with Crippen LogP contribution in [0, 0.1) is 5.92 Å². The van der Waals surface area contributed by atoms with Crippen LogP contribution in [0.25, 0.3) is 11.6 Å². The van der Waals surface area contributed by atoms with Crippen LogP contribution in [0.15, 0.2) is 48.8 Å². The van der Waals surface area contributed by atoms with Crippen molar-refractivity contribution < 1.29 is 4.79 Å². The molecule has 1 aromatic carbocycles. The molecule has 1 saturated heterocycles. The highest BCUT2D eigenvalue weighted by molar-refractivity contribution is 5.82. The number of likely N-dealkylation sites (N-methyl/N-ethyl adjacent to an activating group) is 1. The average Bonchev–Trinajstić information content (AvgIpc) is 2.72. The lowest BCUT2D eigenvalue weighted by atomic mass is 9.86. The minimum absolute atomic E-state index is 0.240. The Kier molecular flexibility index (Phi) is 7.21. The van der Waals surface area contributed by atoms with E-state index in [-0.39, 0.29) is 5.91 Å². The molecule has 1 aliphatic rings. The maximum Gasteiger partial charge on any atom is 0.236 e. The van der Waals surface area contributed by atoms with Gasteiger partial charge in [-0.2, -0.15) is 0 Å². The lowest BCUT2D eigenvalue weighted by molar-refractivity contribution is -0.132. The Morgan fingerprint density at radius 1 is 1.17 bits per heavy atom. The van der Waals surface area contributed by atoms with Crippen LogP contribution in [0.1, 0.15) is 49.3 Å². The van der Waals surface area contributed by atoms with Gasteiger partial charge in [0.1, 0.15) is 0 Å². The van der Waals surface area contributed by atoms with Crippen molar-refractivity contribution in [1.82, 2.24) is 14.8 Å². The number of piperidine rings is 1. The van der Waals surface area contributed by atoms with Crippen LogP contribution in [0.4, 0.5) is 0 Å². The Bertz CT molecular complexity index is 834. The van der Waals surface area contributed by atoms with Crippen LogP contribution in [-0.4, -0.2) is 54.4 Å². The lowest BCUT2D eigenvalue weighted by Gasteiger charge is -2.33. The summed E-state index contributed by atoms with van der Waals surface area (Å²) in [5.41, 5.74) is 5.21. The summed E-state index contributed by atoms with van der Waals surface area (Å²) in [6, 6.07) is 13.1. The summed E-state index contributed by atoms with van der Waals surface area (Å²) < 4.78 is 0. The first-order valence-electron chi connectivity index (χ1n) is 10.6. The number of carbonyl (C=O) groups excluding carboxylic acids is 1. The maximum atomic E-state index is 12.3. The minimum atomic E-state index is 0.240. The fourth-order valence-electron chi connectivity index (χ4n) is 4.03. The molecule has 1 aromatic heterocycles. The summed E-state index contributed by atoms with van der Waals surface area (Å²) in [6.07, 6.45) is 8.02. The summed E-state index contributed by atoms with van der Waals surface area (Å²) in [5, 5.41) is 0. The number of hydrogen-bond donors (Lipinski definition) is 0. The first-order chi connectivity index (χ1) is 13.9. The van der Waals surface area contributed by atoms with Gasteiger partial charge in [-0.3, -0.25) is 9.78 Å². The van der Waals surface area contributed by atoms with Crippen molar-refractivity contribution in [3.8, 4) is 0 Å². The van der Waals surface area contributed by atoms with Crippen molar-refractivity contribution in [3.63, 3.8) is 0 Å². The van der Waals surface area contributed by atoms with Crippen molar-refractivity contribution in [2.45, 2.75) is 32.6 Å². The summed E-state index contributed by atoms with van der Waals surface area (Å²) >= 11 is 0. The highest BCUT2D eigenvalue weighted by atomic mass is 16.2. The molecule has 2 aromatic rings. The molecule has 0 spiro atoms. The number of amides is 1. The van der Waals surface area contributed by atoms with Crippen molar-refractivity contribution in [1.29, 1.82) is 0 Å². The molecular weight excluding hydrogens is 358 g/mol. The molecule has 0 unspecified atom stereocenters. The Morgan fingerprint density at radius 3 is 2.48 bits per heavy atom. The van der Waals surface area contributed by atoms with Gasteiger partial charge in [-0.1, -0.05) is 44.2 Å². The van der Waals surface area contributed by atoms with E-state index in [1.54, 1.807) is 0 Å². The molecule has 0 N–H and O–H groups in total. The van der Waals surface area contributed by atoms with Gasteiger partial charge in [-0.15, -0.1) is 0 Å². The number of allylic oxidation sites excluding steroid dienone is 1. The van der Waals surface area contributed by atoms with E-state index in [0.29, 0.717) is 18.4 Å². The van der Waals surface area contributed by atoms with Crippen molar-refractivity contribution >= 4 is 17.6 Å². The molecule has 0 aliphatic carbocycles. The second-order valence-electron chi connectivity index (χ2n) is 8.55. The van der Waals surface area contributed by atoms with Crippen LogP contribution < -0.4 is 0 Å². The van der Waals surface area contributed by atoms with E-state index < -0.39 is 0 Å². The molecular formula is C25H33N3O. The molecule has 154 valence electrons. The highest BCUT2D eigenvalue weighted by Gasteiger charge is 2.24. The van der Waals surface area contributed by atoms with Gasteiger partial charge >= 0.3 is 0 Å². The zero-order chi connectivity index (χ0) is 20.8. The third-order valence-electron chi connectivity index (χ3n) is 5.64. The molecule has 0 atom stereocenters. The third-order valence-corrected chi connectivity index (χ3v) is 5.64. The molecule has 3 rings (SSSR count). The quantitative estimate of drug-likeness (QED) is 0.725. The van der Waals surface area contributed by atoms with E-state index >= 15 is 0 Å². The summed E-state index contributed by atoms with van der Waals surface area (Å²) in [5.74, 6) is 1.20. The standard InChI is InChI=1S/C25H33N3O/c1-19(2)24(16-20-8-12-26-13-9-20)23-7-5-6-22(17-23)21-10-14-28(15-11-21)25(29)18-27(3)4/h5-9,12-13,16-17,19,21H,10-11,14-15,18H2,1-4H3/b24-16+. The van der Waals surface area contributed by atoms with Crippen molar-refractivity contribution in [3.05, 3.63) is 65.5 Å². The van der Waals surface area contributed by atoms with Gasteiger partial charge in [0.05, 0.1) is 6.54 Å². The number of pyridine rings is 1. The second kappa shape index (κ2) is 9.84. The van der Waals surface area contributed by atoms with Crippen molar-refractivity contribution in [2.75, 3.05) is 33.7 Å². The van der Waals surface area contributed by atoms with Crippen molar-refractivity contribution in [2.24, 2.45) is 5.92 Å². The van der Waals surface area contributed by atoms with Crippen LogP contribution in [0.3, 0.4) is 0 Å². The smallest absolute Gasteiger partial charge is 0.236 e. The van der Waals surface area contributed by atoms with E-state index in [0.717, 1.165) is 25.9 Å². The Balaban J connectivity index is 1.74. The monoisotopic (exact) mass is 391 g/mol. The molecule has 1 fully saturated rings. The van der Waals surface area contributed by atoms with Gasteiger partial charge in [0.15, 0.2) is 0 Å². The fourth-order valence-corrected chi connectivity index (χ4v) is 4.03. The molecule has 0 saturated carbocycles. The topological polar surface area (TPSA) is 36.4 Å². The van der Waals surface area contributed by atoms with Crippen LogP contribution in [0.5, 0.6) is 0 Å². The van der Waals surface area contributed by atoms with Gasteiger partial charge in [-0.05, 0) is 73.2 Å². The second-order valence-corrected chi connectivity index (χ2v) is 8.55. The Hall–Kier alpha value is -2.46. The minimum Gasteiger partial charge on any atom is -0.342 e. The zero-order valence-electron chi connectivity index (χ0n) is 18.1. The molecule has 29 heavy (non-hydrogen) atoms. The number of aromatic nitrogens is 1. The highest BCUT2D eigenvalue weighted by Crippen LogP contribution is 2.32. The third kappa shape index (κ3) is 5.77.